The molecule has 2 fully saturated rings. The molecule has 1 amide bonds. The number of rotatable bonds is 6. The van der Waals surface area contributed by atoms with Crippen molar-refractivity contribution in [3.8, 4) is 0 Å². The SMILES string of the molecule is CC(=O)N[C@H]1COC2(CCN(CCCC(=O)c3ccc(C)cc3)CC2)C[C@]1(C)O. The second-order valence-corrected chi connectivity index (χ2v) is 9.02. The molecule has 2 aliphatic heterocycles. The summed E-state index contributed by atoms with van der Waals surface area (Å²) in [6.07, 6.45) is 3.67. The number of nitrogens with zero attached hydrogens (tertiary/aromatic N) is 1. The van der Waals surface area contributed by atoms with Crippen LogP contribution in [0.5, 0.6) is 0 Å². The first kappa shape index (κ1) is 21.9. The van der Waals surface area contributed by atoms with Crippen LogP contribution >= 0.6 is 0 Å². The van der Waals surface area contributed by atoms with Crippen molar-refractivity contribution in [1.29, 1.82) is 0 Å². The molecule has 29 heavy (non-hydrogen) atoms. The van der Waals surface area contributed by atoms with Gasteiger partial charge in [0.05, 0.1) is 23.9 Å². The van der Waals surface area contributed by atoms with Crippen LogP contribution in [0, 0.1) is 6.92 Å². The highest BCUT2D eigenvalue weighted by molar-refractivity contribution is 5.96. The average Bonchev–Trinajstić information content (AvgIpc) is 2.66. The predicted octanol–water partition coefficient (Wildman–Crippen LogP) is 2.47. The zero-order valence-corrected chi connectivity index (χ0v) is 17.9. The van der Waals surface area contributed by atoms with Crippen LogP contribution in [-0.4, -0.2) is 65.2 Å². The van der Waals surface area contributed by atoms with Gasteiger partial charge < -0.3 is 20.1 Å². The molecule has 2 N–H and O–H groups in total. The molecule has 6 nitrogen and oxygen atoms in total. The Labute approximate surface area is 173 Å². The van der Waals surface area contributed by atoms with E-state index < -0.39 is 5.60 Å². The van der Waals surface area contributed by atoms with E-state index in [0.29, 0.717) is 19.4 Å². The minimum atomic E-state index is -0.966. The number of carbonyl (C=O) groups is 2. The standard InChI is InChI=1S/C23H34N2O4/c1-17-6-8-19(9-7-17)20(27)5-4-12-25-13-10-23(11-14-25)16-22(3,28)21(15-29-23)24-18(2)26/h6-9,21,28H,4-5,10-16H2,1-3H3,(H,24,26)/t21-,22-/m0/s1. The molecule has 0 aromatic heterocycles. The third kappa shape index (κ3) is 5.65. The first-order chi connectivity index (χ1) is 13.7. The normalized spacial score (nSPS) is 27.0. The second kappa shape index (κ2) is 8.94. The van der Waals surface area contributed by atoms with Crippen molar-refractivity contribution in [2.24, 2.45) is 0 Å². The first-order valence-electron chi connectivity index (χ1n) is 10.6. The van der Waals surface area contributed by atoms with Crippen LogP contribution in [0.15, 0.2) is 24.3 Å². The van der Waals surface area contributed by atoms with Gasteiger partial charge >= 0.3 is 0 Å². The summed E-state index contributed by atoms with van der Waals surface area (Å²) in [5.74, 6) is 0.0546. The van der Waals surface area contributed by atoms with Gasteiger partial charge in [-0.15, -0.1) is 0 Å². The van der Waals surface area contributed by atoms with E-state index >= 15 is 0 Å². The molecule has 2 atom stereocenters. The van der Waals surface area contributed by atoms with E-state index in [0.717, 1.165) is 50.0 Å². The maximum Gasteiger partial charge on any atom is 0.217 e. The number of ether oxygens (including phenoxy) is 1. The molecule has 6 heteroatoms. The number of hydrogen-bond donors (Lipinski definition) is 2. The Morgan fingerprint density at radius 2 is 1.90 bits per heavy atom. The van der Waals surface area contributed by atoms with Crippen LogP contribution in [0.1, 0.15) is 61.9 Å². The third-order valence-corrected chi connectivity index (χ3v) is 6.38. The van der Waals surface area contributed by atoms with Crippen molar-refractivity contribution >= 4 is 11.7 Å². The van der Waals surface area contributed by atoms with Crippen LogP contribution in [0.3, 0.4) is 0 Å². The van der Waals surface area contributed by atoms with Crippen molar-refractivity contribution in [3.05, 3.63) is 35.4 Å². The average molecular weight is 403 g/mol. The van der Waals surface area contributed by atoms with Gasteiger partial charge in [-0.05, 0) is 39.7 Å². The van der Waals surface area contributed by atoms with Crippen LogP contribution in [0.4, 0.5) is 0 Å². The lowest BCUT2D eigenvalue weighted by molar-refractivity contribution is -0.189. The zero-order valence-electron chi connectivity index (χ0n) is 17.9. The fraction of sp³-hybridized carbons (Fsp3) is 0.652. The minimum Gasteiger partial charge on any atom is -0.388 e. The second-order valence-electron chi connectivity index (χ2n) is 9.02. The van der Waals surface area contributed by atoms with E-state index in [4.69, 9.17) is 4.74 Å². The molecule has 1 aromatic rings. The van der Waals surface area contributed by atoms with E-state index in [-0.39, 0.29) is 23.3 Å². The molecule has 2 heterocycles. The number of nitrogens with one attached hydrogen (secondary N) is 1. The summed E-state index contributed by atoms with van der Waals surface area (Å²) < 4.78 is 6.16. The molecule has 2 aliphatic rings. The van der Waals surface area contributed by atoms with Gasteiger partial charge in [0.1, 0.15) is 0 Å². The van der Waals surface area contributed by atoms with E-state index in [9.17, 15) is 14.7 Å². The molecule has 2 saturated heterocycles. The highest BCUT2D eigenvalue weighted by Gasteiger charge is 2.49. The molecule has 0 unspecified atom stereocenters. The molecule has 160 valence electrons. The fourth-order valence-corrected chi connectivity index (χ4v) is 4.56. The summed E-state index contributed by atoms with van der Waals surface area (Å²) in [6.45, 7) is 8.33. The van der Waals surface area contributed by atoms with Crippen molar-refractivity contribution in [3.63, 3.8) is 0 Å². The molecule has 0 saturated carbocycles. The van der Waals surface area contributed by atoms with Gasteiger partial charge in [-0.1, -0.05) is 29.8 Å². The van der Waals surface area contributed by atoms with Crippen molar-refractivity contribution in [2.45, 2.75) is 70.1 Å². The highest BCUT2D eigenvalue weighted by Crippen LogP contribution is 2.39. The first-order valence-corrected chi connectivity index (χ1v) is 10.6. The van der Waals surface area contributed by atoms with Gasteiger partial charge in [-0.2, -0.15) is 0 Å². The van der Waals surface area contributed by atoms with Crippen LogP contribution in [0.25, 0.3) is 0 Å². The highest BCUT2D eigenvalue weighted by atomic mass is 16.5. The summed E-state index contributed by atoms with van der Waals surface area (Å²) in [7, 11) is 0. The number of likely N-dealkylation sites (tertiary alicyclic amines) is 1. The van der Waals surface area contributed by atoms with E-state index in [2.05, 4.69) is 10.2 Å². The molecule has 1 spiro atoms. The van der Waals surface area contributed by atoms with Gasteiger partial charge in [-0.3, -0.25) is 9.59 Å². The number of aryl methyl sites for hydroxylation is 1. The number of amides is 1. The summed E-state index contributed by atoms with van der Waals surface area (Å²) in [6, 6.07) is 7.40. The molecule has 3 rings (SSSR count). The summed E-state index contributed by atoms with van der Waals surface area (Å²) in [5, 5.41) is 13.6. The lowest BCUT2D eigenvalue weighted by atomic mass is 9.75. The van der Waals surface area contributed by atoms with E-state index in [1.54, 1.807) is 6.92 Å². The number of piperidine rings is 1. The lowest BCUT2D eigenvalue weighted by Crippen LogP contribution is -2.63. The maximum atomic E-state index is 12.3. The largest absolute Gasteiger partial charge is 0.388 e. The van der Waals surface area contributed by atoms with Crippen molar-refractivity contribution < 1.29 is 19.4 Å². The summed E-state index contributed by atoms with van der Waals surface area (Å²) in [5.41, 5.74) is 0.676. The van der Waals surface area contributed by atoms with Crippen LogP contribution in [0.2, 0.25) is 0 Å². The van der Waals surface area contributed by atoms with Gasteiger partial charge in [0.25, 0.3) is 0 Å². The summed E-state index contributed by atoms with van der Waals surface area (Å²) in [4.78, 5) is 26.1. The molecule has 0 aliphatic carbocycles. The smallest absolute Gasteiger partial charge is 0.217 e. The zero-order chi connectivity index (χ0) is 21.1. The van der Waals surface area contributed by atoms with Gasteiger partial charge in [0.15, 0.2) is 5.78 Å². The fourth-order valence-electron chi connectivity index (χ4n) is 4.56. The number of carbonyl (C=O) groups excluding carboxylic acids is 2. The van der Waals surface area contributed by atoms with Gasteiger partial charge in [0.2, 0.25) is 5.91 Å². The Balaban J connectivity index is 1.43. The topological polar surface area (TPSA) is 78.9 Å². The molecular weight excluding hydrogens is 368 g/mol. The Morgan fingerprint density at radius 1 is 1.24 bits per heavy atom. The third-order valence-electron chi connectivity index (χ3n) is 6.38. The van der Waals surface area contributed by atoms with Gasteiger partial charge in [0, 0.05) is 38.4 Å². The molecule has 1 aromatic carbocycles. The molecular formula is C23H34N2O4. The van der Waals surface area contributed by atoms with Gasteiger partial charge in [-0.25, -0.2) is 0 Å². The number of benzene rings is 1. The lowest BCUT2D eigenvalue weighted by Gasteiger charge is -2.51. The Bertz CT molecular complexity index is 721. The van der Waals surface area contributed by atoms with Crippen molar-refractivity contribution in [2.75, 3.05) is 26.2 Å². The van der Waals surface area contributed by atoms with Crippen LogP contribution in [-0.2, 0) is 9.53 Å². The monoisotopic (exact) mass is 402 g/mol. The number of Topliss-reactive ketones (excluding diaryl/α,β-unsaturated/α-hetero) is 1. The van der Waals surface area contributed by atoms with E-state index in [1.165, 1.54) is 6.92 Å². The molecule has 0 bridgehead atoms. The Morgan fingerprint density at radius 3 is 2.48 bits per heavy atom. The van der Waals surface area contributed by atoms with Crippen molar-refractivity contribution in [1.82, 2.24) is 10.2 Å². The predicted molar refractivity (Wildman–Crippen MR) is 112 cm³/mol. The molecule has 0 radical (unpaired) electrons. The number of hydrogen-bond acceptors (Lipinski definition) is 5. The maximum absolute atomic E-state index is 12.3. The summed E-state index contributed by atoms with van der Waals surface area (Å²) >= 11 is 0. The number of aliphatic hydroxyl groups is 1. The Kier molecular flexibility index (Phi) is 6.76. The Hall–Kier alpha value is -1.76. The number of ketones is 1. The van der Waals surface area contributed by atoms with Crippen LogP contribution < -0.4 is 5.32 Å². The van der Waals surface area contributed by atoms with E-state index in [1.807, 2.05) is 31.2 Å². The quantitative estimate of drug-likeness (QED) is 0.715. The minimum absolute atomic E-state index is 0.148.